The second-order valence-corrected chi connectivity index (χ2v) is 9.68. The molecule has 9 heteroatoms. The van der Waals surface area contributed by atoms with E-state index in [1.165, 1.54) is 19.3 Å². The molecule has 2 heterocycles. The third-order valence-electron chi connectivity index (χ3n) is 6.90. The van der Waals surface area contributed by atoms with Crippen molar-refractivity contribution in [3.05, 3.63) is 52.3 Å². The van der Waals surface area contributed by atoms with E-state index in [1.54, 1.807) is 30.3 Å². The van der Waals surface area contributed by atoms with Crippen LogP contribution in [0.4, 0.5) is 13.2 Å². The summed E-state index contributed by atoms with van der Waals surface area (Å²) in [6.45, 7) is 1.97. The molecule has 0 spiro atoms. The van der Waals surface area contributed by atoms with Gasteiger partial charge in [0.15, 0.2) is 17.0 Å². The monoisotopic (exact) mass is 506 g/mol. The van der Waals surface area contributed by atoms with Gasteiger partial charge in [-0.25, -0.2) is 9.50 Å². The van der Waals surface area contributed by atoms with E-state index in [2.05, 4.69) is 31.3 Å². The van der Waals surface area contributed by atoms with E-state index in [-0.39, 0.29) is 27.5 Å². The number of halogens is 4. The van der Waals surface area contributed by atoms with Crippen LogP contribution >= 0.6 is 15.9 Å². The molecule has 168 valence electrons. The third-order valence-corrected chi connectivity index (χ3v) is 7.63. The maximum atomic E-state index is 13.9. The Hall–Kier alpha value is -2.42. The number of benzene rings is 1. The smallest absolute Gasteiger partial charge is 0.348 e. The lowest BCUT2D eigenvalue weighted by Gasteiger charge is -2.28. The summed E-state index contributed by atoms with van der Waals surface area (Å²) >= 11 is 3.29. The van der Waals surface area contributed by atoms with Gasteiger partial charge in [-0.05, 0) is 65.9 Å². The summed E-state index contributed by atoms with van der Waals surface area (Å²) in [6.07, 6.45) is 0.0905. The van der Waals surface area contributed by atoms with Gasteiger partial charge in [-0.2, -0.15) is 18.3 Å². The fraction of sp³-hybridized carbons (Fsp3) is 0.435. The van der Waals surface area contributed by atoms with Crippen LogP contribution in [0.3, 0.4) is 0 Å². The average molecular weight is 507 g/mol. The maximum Gasteiger partial charge on any atom is 0.433 e. The minimum Gasteiger partial charge on any atom is -0.348 e. The standard InChI is InChI=1S/C23H22BrF3N4O/c1-12(16-10-13-7-8-15(16)9-13)28-22(32)20-19(24)21-29-17(14-5-3-2-4-6-14)11-18(23(25,26)27)31(21)30-20/h2-6,11-13,15-16H,7-10H2,1H3,(H,28,32)/t12-,13+,15+,16-/m1/s1. The van der Waals surface area contributed by atoms with Crippen molar-refractivity contribution in [2.45, 2.75) is 44.8 Å². The van der Waals surface area contributed by atoms with Crippen LogP contribution in [-0.4, -0.2) is 26.5 Å². The number of nitrogens with one attached hydrogen (secondary N) is 1. The Morgan fingerprint density at radius 3 is 2.59 bits per heavy atom. The molecule has 0 saturated heterocycles. The molecule has 0 radical (unpaired) electrons. The summed E-state index contributed by atoms with van der Waals surface area (Å²) in [5, 5.41) is 6.99. The zero-order valence-corrected chi connectivity index (χ0v) is 18.9. The fourth-order valence-corrected chi connectivity index (χ4v) is 5.90. The van der Waals surface area contributed by atoms with Gasteiger partial charge in [0.2, 0.25) is 0 Å². The predicted molar refractivity (Wildman–Crippen MR) is 117 cm³/mol. The normalized spacial score (nSPS) is 23.6. The van der Waals surface area contributed by atoms with Crippen molar-refractivity contribution >= 4 is 27.5 Å². The van der Waals surface area contributed by atoms with Crippen molar-refractivity contribution in [2.24, 2.45) is 17.8 Å². The van der Waals surface area contributed by atoms with Gasteiger partial charge < -0.3 is 5.32 Å². The van der Waals surface area contributed by atoms with Crippen LogP contribution in [-0.2, 0) is 6.18 Å². The third kappa shape index (κ3) is 3.70. The van der Waals surface area contributed by atoms with E-state index in [4.69, 9.17) is 0 Å². The highest BCUT2D eigenvalue weighted by atomic mass is 79.9. The van der Waals surface area contributed by atoms with Gasteiger partial charge in [0.25, 0.3) is 5.91 Å². The molecule has 2 saturated carbocycles. The highest BCUT2D eigenvalue weighted by Crippen LogP contribution is 2.49. The first-order chi connectivity index (χ1) is 15.2. The second-order valence-electron chi connectivity index (χ2n) is 8.89. The van der Waals surface area contributed by atoms with Crippen molar-refractivity contribution in [3.63, 3.8) is 0 Å². The van der Waals surface area contributed by atoms with Crippen molar-refractivity contribution in [3.8, 4) is 11.3 Å². The van der Waals surface area contributed by atoms with Crippen LogP contribution in [0.15, 0.2) is 40.9 Å². The molecular weight excluding hydrogens is 485 g/mol. The number of rotatable bonds is 4. The highest BCUT2D eigenvalue weighted by Gasteiger charge is 2.42. The highest BCUT2D eigenvalue weighted by molar-refractivity contribution is 9.10. The Balaban J connectivity index is 1.51. The van der Waals surface area contributed by atoms with Crippen molar-refractivity contribution in [2.75, 3.05) is 0 Å². The van der Waals surface area contributed by atoms with Crippen LogP contribution in [0.1, 0.15) is 48.8 Å². The first-order valence-electron chi connectivity index (χ1n) is 10.7. The molecule has 1 aromatic carbocycles. The molecule has 32 heavy (non-hydrogen) atoms. The van der Waals surface area contributed by atoms with Crippen LogP contribution in [0, 0.1) is 17.8 Å². The Kier molecular flexibility index (Phi) is 5.27. The van der Waals surface area contributed by atoms with Crippen LogP contribution in [0.5, 0.6) is 0 Å². The lowest BCUT2D eigenvalue weighted by Crippen LogP contribution is -2.40. The molecule has 0 aliphatic heterocycles. The summed E-state index contributed by atoms with van der Waals surface area (Å²) in [4.78, 5) is 17.4. The summed E-state index contributed by atoms with van der Waals surface area (Å²) in [5.41, 5.74) is -0.417. The molecule has 3 aromatic rings. The molecule has 1 amide bonds. The molecule has 2 fully saturated rings. The number of hydrogen-bond acceptors (Lipinski definition) is 3. The Morgan fingerprint density at radius 2 is 1.97 bits per heavy atom. The first-order valence-corrected chi connectivity index (χ1v) is 11.5. The maximum absolute atomic E-state index is 13.9. The lowest BCUT2D eigenvalue weighted by atomic mass is 9.84. The van der Waals surface area contributed by atoms with Gasteiger partial charge in [-0.15, -0.1) is 0 Å². The van der Waals surface area contributed by atoms with Gasteiger partial charge in [-0.1, -0.05) is 36.8 Å². The topological polar surface area (TPSA) is 59.3 Å². The minimum atomic E-state index is -4.67. The number of fused-ring (bicyclic) bond motifs is 3. The number of hydrogen-bond donors (Lipinski definition) is 1. The fourth-order valence-electron chi connectivity index (χ4n) is 5.38. The van der Waals surface area contributed by atoms with E-state index < -0.39 is 17.8 Å². The van der Waals surface area contributed by atoms with E-state index in [9.17, 15) is 18.0 Å². The number of aromatic nitrogens is 3. The SMILES string of the molecule is C[C@@H](NC(=O)c1nn2c(C(F)(F)F)cc(-c3ccccc3)nc2c1Br)[C@H]1C[C@H]2CC[C@H]1C2. The minimum absolute atomic E-state index is 0.0450. The Morgan fingerprint density at radius 1 is 1.22 bits per heavy atom. The van der Waals surface area contributed by atoms with Gasteiger partial charge in [0, 0.05) is 11.6 Å². The van der Waals surface area contributed by atoms with E-state index in [0.29, 0.717) is 21.9 Å². The molecule has 2 aliphatic rings. The number of alkyl halides is 3. The number of carbonyl (C=O) groups excluding carboxylic acids is 1. The molecular formula is C23H22BrF3N4O. The molecule has 4 atom stereocenters. The van der Waals surface area contributed by atoms with Crippen LogP contribution < -0.4 is 5.32 Å². The molecule has 2 bridgehead atoms. The largest absolute Gasteiger partial charge is 0.433 e. The molecule has 1 N–H and O–H groups in total. The van der Waals surface area contributed by atoms with E-state index in [0.717, 1.165) is 18.4 Å². The molecule has 0 unspecified atom stereocenters. The molecule has 2 aliphatic carbocycles. The quantitative estimate of drug-likeness (QED) is 0.491. The molecule has 5 rings (SSSR count). The van der Waals surface area contributed by atoms with Crippen LogP contribution in [0.25, 0.3) is 16.9 Å². The van der Waals surface area contributed by atoms with Gasteiger partial charge >= 0.3 is 6.18 Å². The number of amides is 1. The summed E-state index contributed by atoms with van der Waals surface area (Å²) in [6, 6.07) is 9.51. The van der Waals surface area contributed by atoms with Gasteiger partial charge in [0.1, 0.15) is 0 Å². The van der Waals surface area contributed by atoms with E-state index >= 15 is 0 Å². The first kappa shape index (κ1) is 21.4. The predicted octanol–water partition coefficient (Wildman–Crippen LogP) is 5.73. The second kappa shape index (κ2) is 7.86. The molecule has 5 nitrogen and oxygen atoms in total. The zero-order chi connectivity index (χ0) is 22.6. The van der Waals surface area contributed by atoms with Gasteiger partial charge in [0.05, 0.1) is 10.2 Å². The van der Waals surface area contributed by atoms with Crippen LogP contribution in [0.2, 0.25) is 0 Å². The van der Waals surface area contributed by atoms with E-state index in [1.807, 2.05) is 6.92 Å². The number of nitrogens with zero attached hydrogens (tertiary/aromatic N) is 3. The van der Waals surface area contributed by atoms with Crippen molar-refractivity contribution in [1.29, 1.82) is 0 Å². The van der Waals surface area contributed by atoms with Crippen molar-refractivity contribution in [1.82, 2.24) is 19.9 Å². The Labute approximate surface area is 191 Å². The summed E-state index contributed by atoms with van der Waals surface area (Å²) in [7, 11) is 0. The lowest BCUT2D eigenvalue weighted by molar-refractivity contribution is -0.142. The summed E-state index contributed by atoms with van der Waals surface area (Å²) in [5.74, 6) is 1.27. The Bertz CT molecular complexity index is 1180. The summed E-state index contributed by atoms with van der Waals surface area (Å²) < 4.78 is 42.4. The molecule has 2 aromatic heterocycles. The number of carbonyl (C=O) groups is 1. The van der Waals surface area contributed by atoms with Crippen molar-refractivity contribution < 1.29 is 18.0 Å². The van der Waals surface area contributed by atoms with Gasteiger partial charge in [-0.3, -0.25) is 4.79 Å². The zero-order valence-electron chi connectivity index (χ0n) is 17.4. The average Bonchev–Trinajstić information content (AvgIpc) is 3.48.